The highest BCUT2D eigenvalue weighted by Crippen LogP contribution is 2.65. The van der Waals surface area contributed by atoms with Gasteiger partial charge in [0.15, 0.2) is 0 Å². The molecule has 0 aromatic heterocycles. The number of fused-ring (bicyclic) bond motifs is 5. The summed E-state index contributed by atoms with van der Waals surface area (Å²) in [6, 6.07) is 0. The van der Waals surface area contributed by atoms with Gasteiger partial charge in [-0.05, 0) is 79.7 Å². The molecule has 0 spiro atoms. The maximum atomic E-state index is 15.2. The number of allylic oxidation sites excluding steroid dienone is 2. The second-order valence-corrected chi connectivity index (χ2v) is 10.7. The zero-order valence-electron chi connectivity index (χ0n) is 17.3. The number of hydrogen-bond donors (Lipinski definition) is 2. The van der Waals surface area contributed by atoms with E-state index in [9.17, 15) is 4.79 Å². The number of hydroxylamine groups is 1. The highest BCUT2D eigenvalue weighted by molar-refractivity contribution is 5.85. The van der Waals surface area contributed by atoms with Crippen molar-refractivity contribution < 1.29 is 14.0 Å². The predicted molar refractivity (Wildman–Crippen MR) is 106 cm³/mol. The SMILES string of the molecule is C[C@@]12CCC[C@H]1[C@@H]1CC(=O)C3C=C(NO[C@@H]4CCNC4)[C@H](F)C[C@]3(C)[C@H]1CC2. The van der Waals surface area contributed by atoms with E-state index in [1.165, 1.54) is 25.7 Å². The standard InChI is InChI=1S/C23H35FN2O2/c1-22-7-3-4-16(22)15-10-21(27)18-11-20(26-28-14-6-9-25-13-14)19(24)12-23(18,2)17(15)5-8-22/h11,14-19,25-26H,3-10,12-13H2,1-2H3/t14-,15+,16+,17+,18?,19-,22+,23-/m1/s1. The van der Waals surface area contributed by atoms with Crippen LogP contribution in [0.3, 0.4) is 0 Å². The zero-order chi connectivity index (χ0) is 19.5. The van der Waals surface area contributed by atoms with Crippen LogP contribution in [0.15, 0.2) is 11.8 Å². The Kier molecular flexibility index (Phi) is 4.63. The third-order valence-electron chi connectivity index (χ3n) is 9.22. The molecule has 28 heavy (non-hydrogen) atoms. The van der Waals surface area contributed by atoms with Crippen LogP contribution in [0, 0.1) is 34.5 Å². The lowest BCUT2D eigenvalue weighted by molar-refractivity contribution is -0.147. The number of carbonyl (C=O) groups is 1. The number of alkyl halides is 1. The fraction of sp³-hybridized carbons (Fsp3) is 0.870. The summed E-state index contributed by atoms with van der Waals surface area (Å²) in [5.41, 5.74) is 3.54. The van der Waals surface area contributed by atoms with E-state index < -0.39 is 6.17 Å². The van der Waals surface area contributed by atoms with E-state index in [2.05, 4.69) is 24.6 Å². The molecular formula is C23H35FN2O2. The van der Waals surface area contributed by atoms with Crippen molar-refractivity contribution in [3.63, 3.8) is 0 Å². The summed E-state index contributed by atoms with van der Waals surface area (Å²) < 4.78 is 15.2. The predicted octanol–water partition coefficient (Wildman–Crippen LogP) is 3.92. The van der Waals surface area contributed by atoms with E-state index >= 15 is 4.39 Å². The van der Waals surface area contributed by atoms with Gasteiger partial charge in [-0.3, -0.25) is 15.1 Å². The molecular weight excluding hydrogens is 355 g/mol. The van der Waals surface area contributed by atoms with Crippen molar-refractivity contribution in [1.82, 2.24) is 10.8 Å². The highest BCUT2D eigenvalue weighted by atomic mass is 19.1. The molecule has 4 nitrogen and oxygen atoms in total. The van der Waals surface area contributed by atoms with Gasteiger partial charge in [0.1, 0.15) is 12.0 Å². The van der Waals surface area contributed by atoms with E-state index in [1.807, 2.05) is 6.08 Å². The average Bonchev–Trinajstić information content (AvgIpc) is 3.29. The van der Waals surface area contributed by atoms with Gasteiger partial charge in [0.2, 0.25) is 0 Å². The van der Waals surface area contributed by atoms with Gasteiger partial charge >= 0.3 is 0 Å². The van der Waals surface area contributed by atoms with Crippen molar-refractivity contribution in [2.75, 3.05) is 13.1 Å². The van der Waals surface area contributed by atoms with Gasteiger partial charge in [-0.2, -0.15) is 0 Å². The zero-order valence-corrected chi connectivity index (χ0v) is 17.3. The second-order valence-electron chi connectivity index (χ2n) is 10.7. The summed E-state index contributed by atoms with van der Waals surface area (Å²) in [5, 5.41) is 3.25. The van der Waals surface area contributed by atoms with Gasteiger partial charge < -0.3 is 5.32 Å². The minimum Gasteiger partial charge on any atom is -0.314 e. The summed E-state index contributed by atoms with van der Waals surface area (Å²) in [4.78, 5) is 19.0. The molecule has 1 saturated heterocycles. The lowest BCUT2D eigenvalue weighted by atomic mass is 9.45. The molecule has 8 atom stereocenters. The molecule has 1 heterocycles. The molecule has 5 heteroatoms. The molecule has 1 aliphatic heterocycles. The number of rotatable bonds is 3. The van der Waals surface area contributed by atoms with Crippen LogP contribution < -0.4 is 10.8 Å². The monoisotopic (exact) mass is 390 g/mol. The average molecular weight is 391 g/mol. The molecule has 4 fully saturated rings. The molecule has 1 unspecified atom stereocenters. The molecule has 0 radical (unpaired) electrons. The van der Waals surface area contributed by atoms with E-state index in [0.29, 0.717) is 47.5 Å². The molecule has 0 bridgehead atoms. The molecule has 0 aromatic carbocycles. The summed E-state index contributed by atoms with van der Waals surface area (Å²) in [6.45, 7) is 6.37. The topological polar surface area (TPSA) is 50.4 Å². The van der Waals surface area contributed by atoms with Gasteiger partial charge in [0.05, 0.1) is 11.8 Å². The number of ketones is 1. The highest BCUT2D eigenvalue weighted by Gasteiger charge is 2.60. The summed E-state index contributed by atoms with van der Waals surface area (Å²) >= 11 is 0. The van der Waals surface area contributed by atoms with Crippen LogP contribution in [-0.4, -0.2) is 31.1 Å². The lowest BCUT2D eigenvalue weighted by Crippen LogP contribution is -2.56. The fourth-order valence-electron chi connectivity index (χ4n) is 7.66. The van der Waals surface area contributed by atoms with Crippen molar-refractivity contribution in [3.05, 3.63) is 11.8 Å². The van der Waals surface area contributed by atoms with E-state index in [4.69, 9.17) is 4.84 Å². The summed E-state index contributed by atoms with van der Waals surface area (Å²) in [7, 11) is 0. The van der Waals surface area contributed by atoms with E-state index in [1.54, 1.807) is 0 Å². The Morgan fingerprint density at radius 2 is 2.07 bits per heavy atom. The number of nitrogens with one attached hydrogen (secondary N) is 2. The van der Waals surface area contributed by atoms with Crippen molar-refractivity contribution in [2.45, 2.75) is 77.5 Å². The first kappa shape index (κ1) is 19.0. The minimum atomic E-state index is -1.07. The minimum absolute atomic E-state index is 0.0752. The number of Topliss-reactive ketones (excluding diaryl/α,β-unsaturated/α-hetero) is 1. The molecule has 4 aliphatic carbocycles. The van der Waals surface area contributed by atoms with Gasteiger partial charge in [-0.15, -0.1) is 0 Å². The maximum Gasteiger partial charge on any atom is 0.142 e. The maximum absolute atomic E-state index is 15.2. The Morgan fingerprint density at radius 1 is 1.21 bits per heavy atom. The molecule has 2 N–H and O–H groups in total. The van der Waals surface area contributed by atoms with Crippen LogP contribution in [0.4, 0.5) is 4.39 Å². The largest absolute Gasteiger partial charge is 0.314 e. The molecule has 5 rings (SSSR count). The molecule has 3 saturated carbocycles. The van der Waals surface area contributed by atoms with Gasteiger partial charge in [0.25, 0.3) is 0 Å². The first-order chi connectivity index (χ1) is 13.4. The molecule has 0 aromatic rings. The van der Waals surface area contributed by atoms with Crippen LogP contribution in [-0.2, 0) is 9.63 Å². The van der Waals surface area contributed by atoms with Crippen LogP contribution >= 0.6 is 0 Å². The number of hydrogen-bond acceptors (Lipinski definition) is 4. The number of halogens is 1. The van der Waals surface area contributed by atoms with Crippen LogP contribution in [0.25, 0.3) is 0 Å². The Bertz CT molecular complexity index is 676. The van der Waals surface area contributed by atoms with Gasteiger partial charge in [-0.25, -0.2) is 4.39 Å². The quantitative estimate of drug-likeness (QED) is 0.717. The fourth-order valence-corrected chi connectivity index (χ4v) is 7.66. The van der Waals surface area contributed by atoms with Crippen molar-refractivity contribution in [1.29, 1.82) is 0 Å². The first-order valence-electron chi connectivity index (χ1n) is 11.4. The summed E-state index contributed by atoms with van der Waals surface area (Å²) in [5.74, 6) is 1.76. The van der Waals surface area contributed by atoms with Crippen LogP contribution in [0.5, 0.6) is 0 Å². The smallest absolute Gasteiger partial charge is 0.142 e. The normalized spacial score (nSPS) is 50.5. The van der Waals surface area contributed by atoms with E-state index in [0.717, 1.165) is 25.9 Å². The molecule has 5 aliphatic rings. The Balaban J connectivity index is 1.38. The first-order valence-corrected chi connectivity index (χ1v) is 11.4. The van der Waals surface area contributed by atoms with E-state index in [-0.39, 0.29) is 17.4 Å². The third-order valence-corrected chi connectivity index (χ3v) is 9.22. The van der Waals surface area contributed by atoms with Gasteiger partial charge in [0, 0.05) is 18.9 Å². The van der Waals surface area contributed by atoms with Crippen molar-refractivity contribution in [3.8, 4) is 0 Å². The van der Waals surface area contributed by atoms with Crippen LogP contribution in [0.2, 0.25) is 0 Å². The Morgan fingerprint density at radius 3 is 2.86 bits per heavy atom. The summed E-state index contributed by atoms with van der Waals surface area (Å²) in [6.07, 6.45) is 9.23. The third kappa shape index (κ3) is 2.87. The lowest BCUT2D eigenvalue weighted by Gasteiger charge is -2.58. The molecule has 0 amide bonds. The van der Waals surface area contributed by atoms with Crippen molar-refractivity contribution in [2.24, 2.45) is 34.5 Å². The van der Waals surface area contributed by atoms with Gasteiger partial charge in [-0.1, -0.05) is 20.3 Å². The van der Waals surface area contributed by atoms with Crippen LogP contribution in [0.1, 0.15) is 65.2 Å². The Labute approximate surface area is 168 Å². The second kappa shape index (κ2) is 6.80. The van der Waals surface area contributed by atoms with Crippen molar-refractivity contribution >= 4 is 5.78 Å². The number of carbonyl (C=O) groups excluding carboxylic acids is 1. The Hall–Kier alpha value is -0.940. The molecule has 156 valence electrons.